The van der Waals surface area contributed by atoms with Gasteiger partial charge in [-0.25, -0.2) is 9.59 Å². The lowest BCUT2D eigenvalue weighted by Crippen LogP contribution is -2.11. The Bertz CT molecular complexity index is 585. The van der Waals surface area contributed by atoms with Gasteiger partial charge < -0.3 is 18.5 Å². The molecule has 0 amide bonds. The number of unbranched alkanes of at least 4 members (excludes halogenated alkanes) is 2. The van der Waals surface area contributed by atoms with E-state index in [2.05, 4.69) is 11.5 Å². The molecule has 0 aromatic heterocycles. The van der Waals surface area contributed by atoms with Gasteiger partial charge in [-0.1, -0.05) is 26.7 Å². The van der Waals surface area contributed by atoms with Crippen LogP contribution in [0.25, 0.3) is 0 Å². The minimum Gasteiger partial charge on any atom is -0.459 e. The Kier molecular flexibility index (Phi) is 16.1. The van der Waals surface area contributed by atoms with E-state index in [-0.39, 0.29) is 26.4 Å². The van der Waals surface area contributed by atoms with Crippen molar-refractivity contribution < 1.29 is 32.7 Å². The van der Waals surface area contributed by atoms with Crippen LogP contribution in [0.1, 0.15) is 53.4 Å². The van der Waals surface area contributed by atoms with E-state index in [4.69, 9.17) is 18.5 Å². The summed E-state index contributed by atoms with van der Waals surface area (Å²) in [7, 11) is -2.75. The van der Waals surface area contributed by atoms with Gasteiger partial charge in [0.25, 0.3) is 0 Å². The van der Waals surface area contributed by atoms with Gasteiger partial charge in [0.1, 0.15) is 13.2 Å². The fourth-order valence-electron chi connectivity index (χ4n) is 1.63. The molecule has 0 fully saturated rings. The second-order valence-corrected chi connectivity index (χ2v) is 6.82. The van der Waals surface area contributed by atoms with Crippen molar-refractivity contribution in [2.75, 3.05) is 26.4 Å². The Labute approximate surface area is 168 Å². The number of ether oxygens (including phenoxy) is 2. The van der Waals surface area contributed by atoms with Gasteiger partial charge >= 0.3 is 20.2 Å². The third-order valence-electron chi connectivity index (χ3n) is 3.19. The van der Waals surface area contributed by atoms with Crippen LogP contribution in [0.4, 0.5) is 0 Å². The molecule has 0 aromatic carbocycles. The Morgan fingerprint density at radius 2 is 1.18 bits per heavy atom. The van der Waals surface area contributed by atoms with Gasteiger partial charge in [0.2, 0.25) is 0 Å². The fourth-order valence-corrected chi connectivity index (χ4v) is 2.22. The first-order chi connectivity index (χ1) is 13.4. The van der Waals surface area contributed by atoms with Gasteiger partial charge in [-0.3, -0.25) is 4.57 Å². The molecule has 0 saturated heterocycles. The van der Waals surface area contributed by atoms with E-state index in [1.807, 2.05) is 13.8 Å². The van der Waals surface area contributed by atoms with E-state index >= 15 is 0 Å². The molecule has 158 valence electrons. The van der Waals surface area contributed by atoms with E-state index in [9.17, 15) is 14.2 Å². The predicted octanol–water partition coefficient (Wildman–Crippen LogP) is 4.30. The van der Waals surface area contributed by atoms with Gasteiger partial charge in [-0.05, 0) is 38.8 Å². The summed E-state index contributed by atoms with van der Waals surface area (Å²) in [5.74, 6) is -1.00. The lowest BCUT2D eigenvalue weighted by atomic mass is 10.3. The van der Waals surface area contributed by atoms with Crippen LogP contribution in [0.5, 0.6) is 0 Å². The molecule has 0 aromatic rings. The lowest BCUT2D eigenvalue weighted by molar-refractivity contribution is -0.140. The third-order valence-corrected chi connectivity index (χ3v) is 4.07. The Hall–Kier alpha value is -1.87. The molecule has 0 unspecified atom stereocenters. The molecule has 0 aliphatic carbocycles. The quantitative estimate of drug-likeness (QED) is 0.138. The van der Waals surface area contributed by atoms with Crippen molar-refractivity contribution in [1.29, 1.82) is 0 Å². The zero-order chi connectivity index (χ0) is 21.2. The molecule has 0 radical (unpaired) electrons. The average molecular weight is 414 g/mol. The summed E-state index contributed by atoms with van der Waals surface area (Å²) in [6, 6.07) is 0. The number of esters is 2. The zero-order valence-electron chi connectivity index (χ0n) is 17.2. The van der Waals surface area contributed by atoms with Crippen molar-refractivity contribution in [2.24, 2.45) is 0 Å². The molecule has 0 atom stereocenters. The predicted molar refractivity (Wildman–Crippen MR) is 107 cm³/mol. The third kappa shape index (κ3) is 14.2. The smallest absolute Gasteiger partial charge is 0.341 e. The van der Waals surface area contributed by atoms with E-state index in [1.54, 1.807) is 26.0 Å². The van der Waals surface area contributed by atoms with Crippen LogP contribution >= 0.6 is 8.25 Å². The van der Waals surface area contributed by atoms with E-state index in [0.717, 1.165) is 25.7 Å². The summed E-state index contributed by atoms with van der Waals surface area (Å²) >= 11 is 0. The maximum atomic E-state index is 11.6. The first-order valence-corrected chi connectivity index (χ1v) is 10.6. The molecule has 8 heteroatoms. The van der Waals surface area contributed by atoms with Crippen LogP contribution < -0.4 is 0 Å². The Morgan fingerprint density at radius 1 is 0.786 bits per heavy atom. The van der Waals surface area contributed by atoms with Crippen LogP contribution in [0, 0.1) is 0 Å². The van der Waals surface area contributed by atoms with Crippen molar-refractivity contribution >= 4 is 20.2 Å². The fraction of sp³-hybridized carbons (Fsp3) is 0.600. The highest BCUT2D eigenvalue weighted by Gasteiger charge is 2.07. The Morgan fingerprint density at radius 3 is 1.54 bits per heavy atom. The van der Waals surface area contributed by atoms with Crippen molar-refractivity contribution in [3.05, 3.63) is 34.8 Å². The van der Waals surface area contributed by atoms with Gasteiger partial charge in [0.15, 0.2) is 0 Å². The molecule has 0 aliphatic heterocycles. The SMILES string of the molecule is CCCC=C=C(C)C(=O)OCCO[PH](=O)OCCOC(=O)C(C)=C=CCCC. The molecular weight excluding hydrogens is 383 g/mol. The van der Waals surface area contributed by atoms with E-state index < -0.39 is 20.2 Å². The normalized spacial score (nSPS) is 10.9. The Balaban J connectivity index is 3.92. The summed E-state index contributed by atoms with van der Waals surface area (Å²) in [6.07, 6.45) is 7.20. The molecule has 0 heterocycles. The van der Waals surface area contributed by atoms with Crippen molar-refractivity contribution in [3.63, 3.8) is 0 Å². The average Bonchev–Trinajstić information content (AvgIpc) is 2.68. The van der Waals surface area contributed by atoms with Crippen LogP contribution in [0.2, 0.25) is 0 Å². The van der Waals surface area contributed by atoms with Gasteiger partial charge in [-0.15, -0.1) is 11.5 Å². The van der Waals surface area contributed by atoms with Crippen LogP contribution in [0.3, 0.4) is 0 Å². The molecule has 0 saturated carbocycles. The maximum Gasteiger partial charge on any atom is 0.341 e. The molecule has 7 nitrogen and oxygen atoms in total. The van der Waals surface area contributed by atoms with Crippen molar-refractivity contribution in [2.45, 2.75) is 53.4 Å². The van der Waals surface area contributed by atoms with Crippen LogP contribution in [0.15, 0.2) is 34.8 Å². The van der Waals surface area contributed by atoms with Crippen molar-refractivity contribution in [3.8, 4) is 0 Å². The minimum absolute atomic E-state index is 0.0472. The number of carbonyl (C=O) groups excluding carboxylic acids is 2. The van der Waals surface area contributed by atoms with Gasteiger partial charge in [0, 0.05) is 0 Å². The van der Waals surface area contributed by atoms with E-state index in [0.29, 0.717) is 11.1 Å². The molecule has 0 rings (SSSR count). The topological polar surface area (TPSA) is 88.1 Å². The summed E-state index contributed by atoms with van der Waals surface area (Å²) in [4.78, 5) is 23.3. The van der Waals surface area contributed by atoms with Crippen molar-refractivity contribution in [1.82, 2.24) is 0 Å². The first kappa shape index (κ1) is 26.1. The summed E-state index contributed by atoms with van der Waals surface area (Å²) in [6.45, 7) is 7.07. The molecule has 0 bridgehead atoms. The number of carbonyl (C=O) groups is 2. The monoisotopic (exact) mass is 414 g/mol. The summed E-state index contributed by atoms with van der Waals surface area (Å²) < 4.78 is 31.4. The second kappa shape index (κ2) is 17.2. The number of hydrogen-bond acceptors (Lipinski definition) is 7. The summed E-state index contributed by atoms with van der Waals surface area (Å²) in [5, 5.41) is 0. The standard InChI is InChI=1S/C20H31O7P/c1-5-7-9-11-17(3)19(21)24-13-15-26-28(23)27-16-14-25-20(22)18(4)12-10-8-6-2/h9-10,28H,5-8,13-16H2,1-4H3. The molecule has 28 heavy (non-hydrogen) atoms. The number of rotatable bonds is 14. The van der Waals surface area contributed by atoms with E-state index in [1.165, 1.54) is 0 Å². The molecule has 0 spiro atoms. The maximum absolute atomic E-state index is 11.6. The second-order valence-electron chi connectivity index (χ2n) is 5.74. The molecule has 0 N–H and O–H groups in total. The highest BCUT2D eigenvalue weighted by molar-refractivity contribution is 7.33. The van der Waals surface area contributed by atoms with Crippen LogP contribution in [-0.4, -0.2) is 38.4 Å². The zero-order valence-corrected chi connectivity index (χ0v) is 18.2. The van der Waals surface area contributed by atoms with Gasteiger partial charge in [-0.2, -0.15) is 0 Å². The number of hydrogen-bond donors (Lipinski definition) is 0. The first-order valence-electron chi connectivity index (χ1n) is 9.39. The highest BCUT2D eigenvalue weighted by atomic mass is 31.1. The molecular formula is C20H31O7P. The van der Waals surface area contributed by atoms with Crippen LogP contribution in [-0.2, 0) is 32.7 Å². The molecule has 0 aliphatic rings. The lowest BCUT2D eigenvalue weighted by Gasteiger charge is -2.07. The largest absolute Gasteiger partial charge is 0.459 e. The highest BCUT2D eigenvalue weighted by Crippen LogP contribution is 2.22. The summed E-state index contributed by atoms with van der Waals surface area (Å²) in [5.41, 5.74) is 6.43. The minimum atomic E-state index is -2.75. The van der Waals surface area contributed by atoms with Gasteiger partial charge in [0.05, 0.1) is 24.4 Å².